The third kappa shape index (κ3) is 12.2. The minimum atomic E-state index is -5.21. The number of hydrogen-bond donors (Lipinski definition) is 3. The highest BCUT2D eigenvalue weighted by molar-refractivity contribution is 7.90. The smallest absolute Gasteiger partial charge is 0.452 e. The highest BCUT2D eigenvalue weighted by Crippen LogP contribution is 2.28. The highest BCUT2D eigenvalue weighted by atomic mass is 35.5. The zero-order valence-electron chi connectivity index (χ0n) is 30.8. The number of nitrogens with one attached hydrogen (secondary N) is 3. The minimum Gasteiger partial charge on any atom is -0.493 e. The Hall–Kier alpha value is -5.16. The van der Waals surface area contributed by atoms with E-state index in [1.165, 1.54) is 76.6 Å². The monoisotopic (exact) mass is 810 g/mol. The van der Waals surface area contributed by atoms with Crippen LogP contribution in [0.15, 0.2) is 71.6 Å². The van der Waals surface area contributed by atoms with Crippen molar-refractivity contribution in [2.24, 2.45) is 11.8 Å². The van der Waals surface area contributed by atoms with Gasteiger partial charge < -0.3 is 25.0 Å². The van der Waals surface area contributed by atoms with Crippen molar-refractivity contribution in [3.63, 3.8) is 0 Å². The zero-order chi connectivity index (χ0) is 41.2. The van der Waals surface area contributed by atoms with E-state index >= 15 is 0 Å². The van der Waals surface area contributed by atoms with Gasteiger partial charge >= 0.3 is 6.18 Å². The Morgan fingerprint density at radius 2 is 1.31 bits per heavy atom. The lowest BCUT2D eigenvalue weighted by atomic mass is 9.99. The Labute approximate surface area is 321 Å². The van der Waals surface area contributed by atoms with Crippen LogP contribution in [0, 0.1) is 11.8 Å². The van der Waals surface area contributed by atoms with Crippen molar-refractivity contribution in [3.05, 3.63) is 88.4 Å². The Morgan fingerprint density at radius 3 is 1.82 bits per heavy atom. The van der Waals surface area contributed by atoms with E-state index < -0.39 is 76.1 Å². The lowest BCUT2D eigenvalue weighted by Gasteiger charge is -2.30. The van der Waals surface area contributed by atoms with Crippen LogP contribution in [0.1, 0.15) is 54.0 Å². The van der Waals surface area contributed by atoms with Gasteiger partial charge in [-0.2, -0.15) is 13.2 Å². The molecule has 0 heterocycles. The van der Waals surface area contributed by atoms with E-state index in [4.69, 9.17) is 21.1 Å². The molecule has 18 heteroatoms. The summed E-state index contributed by atoms with van der Waals surface area (Å²) in [7, 11) is -1.36. The van der Waals surface area contributed by atoms with Crippen molar-refractivity contribution in [2.45, 2.75) is 57.3 Å². The maximum Gasteiger partial charge on any atom is 0.452 e. The number of carbonyl (C=O) groups is 5. The van der Waals surface area contributed by atoms with Crippen LogP contribution in [0.4, 0.5) is 13.2 Å². The molecule has 3 aromatic rings. The van der Waals surface area contributed by atoms with Crippen molar-refractivity contribution >= 4 is 51.0 Å². The van der Waals surface area contributed by atoms with Crippen LogP contribution in [0.2, 0.25) is 5.02 Å². The van der Waals surface area contributed by atoms with E-state index in [-0.39, 0.29) is 29.0 Å². The molecule has 2 atom stereocenters. The van der Waals surface area contributed by atoms with Gasteiger partial charge in [-0.05, 0) is 84.5 Å². The van der Waals surface area contributed by atoms with E-state index in [1.54, 1.807) is 32.0 Å². The van der Waals surface area contributed by atoms with Crippen LogP contribution in [0.5, 0.6) is 11.5 Å². The largest absolute Gasteiger partial charge is 0.493 e. The van der Waals surface area contributed by atoms with Gasteiger partial charge in [0.1, 0.15) is 6.04 Å². The minimum absolute atomic E-state index is 0.00406. The predicted octanol–water partition coefficient (Wildman–Crippen LogP) is 4.57. The van der Waals surface area contributed by atoms with Crippen molar-refractivity contribution in [3.8, 4) is 11.5 Å². The molecule has 0 saturated heterocycles. The van der Waals surface area contributed by atoms with E-state index in [1.807, 2.05) is 4.72 Å². The average molecular weight is 811 g/mol. The van der Waals surface area contributed by atoms with Gasteiger partial charge in [0.05, 0.1) is 31.7 Å². The van der Waals surface area contributed by atoms with Crippen LogP contribution >= 0.6 is 11.6 Å². The van der Waals surface area contributed by atoms with Gasteiger partial charge in [0.15, 0.2) is 11.5 Å². The molecule has 0 spiro atoms. The van der Waals surface area contributed by atoms with Crippen LogP contribution in [-0.2, 0) is 30.8 Å². The van der Waals surface area contributed by atoms with E-state index in [0.29, 0.717) is 22.1 Å². The molecule has 0 bridgehead atoms. The molecule has 298 valence electrons. The van der Waals surface area contributed by atoms with Gasteiger partial charge in [0.2, 0.25) is 11.8 Å². The van der Waals surface area contributed by atoms with Gasteiger partial charge in [0.25, 0.3) is 27.6 Å². The van der Waals surface area contributed by atoms with Gasteiger partial charge in [-0.15, -0.1) is 0 Å². The summed E-state index contributed by atoms with van der Waals surface area (Å²) in [6.07, 6.45) is -5.07. The number of ketones is 1. The first-order chi connectivity index (χ1) is 25.7. The summed E-state index contributed by atoms with van der Waals surface area (Å²) in [6, 6.07) is 11.9. The number of sulfonamides is 1. The number of nitrogens with zero attached hydrogens (tertiary/aromatic N) is 1. The third-order valence-electron chi connectivity index (χ3n) is 8.29. The molecule has 0 fully saturated rings. The fraction of sp³-hybridized carbons (Fsp3) is 0.378. The maximum atomic E-state index is 14.1. The second-order valence-electron chi connectivity index (χ2n) is 13.0. The van der Waals surface area contributed by atoms with Crippen LogP contribution in [0.3, 0.4) is 0 Å². The van der Waals surface area contributed by atoms with Crippen molar-refractivity contribution in [1.82, 2.24) is 20.3 Å². The molecule has 0 saturated carbocycles. The van der Waals surface area contributed by atoms with Crippen LogP contribution in [-0.4, -0.2) is 88.3 Å². The number of hydrogen-bond acceptors (Lipinski definition) is 9. The number of rotatable bonds is 17. The number of carbonyl (C=O) groups excluding carboxylic acids is 5. The van der Waals surface area contributed by atoms with Crippen molar-refractivity contribution in [2.75, 3.05) is 27.3 Å². The number of alkyl halides is 3. The van der Waals surface area contributed by atoms with Gasteiger partial charge in [-0.1, -0.05) is 45.4 Å². The van der Waals surface area contributed by atoms with Gasteiger partial charge in [-0.25, -0.2) is 13.1 Å². The van der Waals surface area contributed by atoms with Crippen molar-refractivity contribution in [1.29, 1.82) is 0 Å². The molecule has 0 aromatic heterocycles. The fourth-order valence-electron chi connectivity index (χ4n) is 5.23. The molecule has 0 aliphatic carbocycles. The molecule has 13 nitrogen and oxygen atoms in total. The van der Waals surface area contributed by atoms with Gasteiger partial charge in [0, 0.05) is 22.7 Å². The number of halogens is 4. The maximum absolute atomic E-state index is 14.1. The first kappa shape index (κ1) is 44.2. The second-order valence-corrected chi connectivity index (χ2v) is 15.1. The first-order valence-electron chi connectivity index (χ1n) is 16.8. The number of amides is 4. The molecular weight excluding hydrogens is 769 g/mol. The zero-order valence-corrected chi connectivity index (χ0v) is 32.4. The van der Waals surface area contributed by atoms with Crippen LogP contribution in [0.25, 0.3) is 0 Å². The molecular formula is C37H42ClF3N4O9S. The molecule has 3 rings (SSSR count). The Bertz CT molecular complexity index is 1970. The number of methoxy groups -OCH3 is 2. The summed E-state index contributed by atoms with van der Waals surface area (Å²) in [6.45, 7) is 5.04. The normalized spacial score (nSPS) is 12.7. The SMILES string of the molecule is COc1ccc(CCN(CC(=O)NC(C(=O)C(F)(F)F)C(C)C)C(=O)[C@@H](NC(=O)c2ccc(C(=O)NS(=O)(=O)c3ccc(Cl)cc3)cc2)C(C)C)cc1OC. The molecule has 0 aliphatic heterocycles. The average Bonchev–Trinajstić information content (AvgIpc) is 3.13. The first-order valence-corrected chi connectivity index (χ1v) is 18.7. The summed E-state index contributed by atoms with van der Waals surface area (Å²) in [5.41, 5.74) is 0.552. The molecule has 4 amide bonds. The van der Waals surface area contributed by atoms with Crippen LogP contribution < -0.4 is 24.8 Å². The number of benzene rings is 3. The Balaban J connectivity index is 1.83. The standard InChI is InChI=1S/C37H42ClF3N4O9S/c1-21(2)31(33(47)37(39,40)41)42-30(46)20-45(18-17-23-7-16-28(53-5)29(19-23)54-6)36(50)32(22(3)4)43-34(48)24-8-10-25(11-9-24)35(49)44-55(51,52)27-14-12-26(38)13-15-27/h7-16,19,21-22,31-32H,17-18,20H2,1-6H3,(H,42,46)(H,43,48)(H,44,49)/t31?,32-/m0/s1. The molecule has 0 aliphatic rings. The predicted molar refractivity (Wildman–Crippen MR) is 196 cm³/mol. The molecule has 3 N–H and O–H groups in total. The summed E-state index contributed by atoms with van der Waals surface area (Å²) >= 11 is 5.81. The van der Waals surface area contributed by atoms with E-state index in [9.17, 15) is 45.6 Å². The molecule has 1 unspecified atom stereocenters. The summed E-state index contributed by atoms with van der Waals surface area (Å²) in [4.78, 5) is 66.3. The lowest BCUT2D eigenvalue weighted by Crippen LogP contribution is -2.56. The Kier molecular flexibility index (Phi) is 15.2. The molecule has 0 radical (unpaired) electrons. The van der Waals surface area contributed by atoms with E-state index in [0.717, 1.165) is 4.90 Å². The highest BCUT2D eigenvalue weighted by Gasteiger charge is 2.45. The fourth-order valence-corrected chi connectivity index (χ4v) is 6.33. The number of Topliss-reactive ketones (excluding diaryl/α,β-unsaturated/α-hetero) is 1. The topological polar surface area (TPSA) is 177 Å². The summed E-state index contributed by atoms with van der Waals surface area (Å²) in [5.74, 6) is -6.32. The third-order valence-corrected chi connectivity index (χ3v) is 9.89. The van der Waals surface area contributed by atoms with E-state index in [2.05, 4.69) is 10.6 Å². The van der Waals surface area contributed by atoms with Gasteiger partial charge in [-0.3, -0.25) is 24.0 Å². The molecule has 3 aromatic carbocycles. The summed E-state index contributed by atoms with van der Waals surface area (Å²) < 4.78 is 77.7. The lowest BCUT2D eigenvalue weighted by molar-refractivity contribution is -0.175. The summed E-state index contributed by atoms with van der Waals surface area (Å²) in [5, 5.41) is 5.03. The molecule has 55 heavy (non-hydrogen) atoms. The quantitative estimate of drug-likeness (QED) is 0.176. The number of ether oxygens (including phenoxy) is 2. The second kappa shape index (κ2) is 18.9. The van der Waals surface area contributed by atoms with Crippen molar-refractivity contribution < 1.29 is 55.0 Å². The Morgan fingerprint density at radius 1 is 0.764 bits per heavy atom.